The number of methoxy groups -OCH3 is 1. The van der Waals surface area contributed by atoms with Gasteiger partial charge in [0.15, 0.2) is 5.65 Å². The van der Waals surface area contributed by atoms with E-state index in [0.717, 1.165) is 28.1 Å². The van der Waals surface area contributed by atoms with Crippen LogP contribution >= 0.6 is 0 Å². The standard InChI is InChI=1S/C21H19FN6O2/c1-12-13(3-6-19(26-12)29-2)16-10-24-21(28-11-25-27-20(16)28)23-9-15-14-7-8-30-18(14)5-4-17(15)22/h3-6,10-11H,7-9H2,1-2H3,(H,23,24). The number of ether oxygens (including phenoxy) is 2. The highest BCUT2D eigenvalue weighted by Crippen LogP contribution is 2.31. The molecule has 0 saturated heterocycles. The summed E-state index contributed by atoms with van der Waals surface area (Å²) in [5, 5.41) is 11.5. The smallest absolute Gasteiger partial charge is 0.213 e. The molecule has 1 aliphatic rings. The molecule has 0 bridgehead atoms. The van der Waals surface area contributed by atoms with E-state index in [1.54, 1.807) is 36.2 Å². The molecule has 1 aliphatic heterocycles. The molecule has 8 nitrogen and oxygen atoms in total. The monoisotopic (exact) mass is 406 g/mol. The van der Waals surface area contributed by atoms with E-state index in [1.807, 2.05) is 13.0 Å². The van der Waals surface area contributed by atoms with Gasteiger partial charge in [0.05, 0.1) is 13.7 Å². The molecule has 1 aromatic carbocycles. The van der Waals surface area contributed by atoms with Crippen molar-refractivity contribution in [3.8, 4) is 22.8 Å². The summed E-state index contributed by atoms with van der Waals surface area (Å²) in [6, 6.07) is 6.83. The van der Waals surface area contributed by atoms with Gasteiger partial charge in [0.25, 0.3) is 0 Å². The number of anilines is 1. The van der Waals surface area contributed by atoms with Crippen molar-refractivity contribution in [2.75, 3.05) is 19.0 Å². The minimum atomic E-state index is -0.261. The number of fused-ring (bicyclic) bond motifs is 2. The van der Waals surface area contributed by atoms with Gasteiger partial charge in [-0.2, -0.15) is 0 Å². The Bertz CT molecular complexity index is 1260. The maximum Gasteiger partial charge on any atom is 0.213 e. The topological polar surface area (TPSA) is 86.5 Å². The molecule has 0 fully saturated rings. The average molecular weight is 406 g/mol. The third kappa shape index (κ3) is 2.99. The quantitative estimate of drug-likeness (QED) is 0.545. The van der Waals surface area contributed by atoms with E-state index in [2.05, 4.69) is 25.5 Å². The lowest BCUT2D eigenvalue weighted by Gasteiger charge is -2.13. The van der Waals surface area contributed by atoms with E-state index in [0.29, 0.717) is 36.1 Å². The molecule has 0 aliphatic carbocycles. The first-order chi connectivity index (χ1) is 14.7. The van der Waals surface area contributed by atoms with Crippen LogP contribution in [-0.4, -0.2) is 38.3 Å². The van der Waals surface area contributed by atoms with Crippen LogP contribution in [0.5, 0.6) is 11.6 Å². The van der Waals surface area contributed by atoms with Crippen LogP contribution < -0.4 is 14.8 Å². The molecule has 0 atom stereocenters. The number of aryl methyl sites for hydroxylation is 1. The zero-order chi connectivity index (χ0) is 20.7. The van der Waals surface area contributed by atoms with Gasteiger partial charge in [0, 0.05) is 53.2 Å². The van der Waals surface area contributed by atoms with Crippen LogP contribution in [0, 0.1) is 12.7 Å². The first-order valence-electron chi connectivity index (χ1n) is 9.53. The normalized spacial score (nSPS) is 12.6. The van der Waals surface area contributed by atoms with Crippen molar-refractivity contribution in [1.82, 2.24) is 24.6 Å². The Morgan fingerprint density at radius 2 is 2.13 bits per heavy atom. The van der Waals surface area contributed by atoms with Crippen LogP contribution in [0.3, 0.4) is 0 Å². The average Bonchev–Trinajstić information content (AvgIpc) is 3.43. The Hall–Kier alpha value is -3.75. The summed E-state index contributed by atoms with van der Waals surface area (Å²) in [5.41, 5.74) is 4.60. The summed E-state index contributed by atoms with van der Waals surface area (Å²) in [7, 11) is 1.58. The van der Waals surface area contributed by atoms with Crippen molar-refractivity contribution in [3.05, 3.63) is 59.4 Å². The minimum absolute atomic E-state index is 0.261. The molecule has 0 spiro atoms. The molecule has 4 heterocycles. The Kier molecular flexibility index (Phi) is 4.42. The van der Waals surface area contributed by atoms with Crippen LogP contribution in [0.2, 0.25) is 0 Å². The number of aromatic nitrogens is 5. The number of pyridine rings is 1. The van der Waals surface area contributed by atoms with Crippen molar-refractivity contribution in [2.24, 2.45) is 0 Å². The number of nitrogens with one attached hydrogen (secondary N) is 1. The molecule has 0 radical (unpaired) electrons. The summed E-state index contributed by atoms with van der Waals surface area (Å²) >= 11 is 0. The predicted molar refractivity (Wildman–Crippen MR) is 108 cm³/mol. The van der Waals surface area contributed by atoms with Crippen molar-refractivity contribution < 1.29 is 13.9 Å². The number of halogens is 1. The summed E-state index contributed by atoms with van der Waals surface area (Å²) in [4.78, 5) is 8.96. The van der Waals surface area contributed by atoms with E-state index < -0.39 is 0 Å². The zero-order valence-corrected chi connectivity index (χ0v) is 16.5. The second-order valence-electron chi connectivity index (χ2n) is 6.96. The Morgan fingerprint density at radius 3 is 2.97 bits per heavy atom. The number of benzene rings is 1. The lowest BCUT2D eigenvalue weighted by atomic mass is 10.0. The van der Waals surface area contributed by atoms with Gasteiger partial charge in [-0.05, 0) is 25.1 Å². The molecule has 0 unspecified atom stereocenters. The highest BCUT2D eigenvalue weighted by atomic mass is 19.1. The summed E-state index contributed by atoms with van der Waals surface area (Å²) in [5.74, 6) is 1.55. The molecular weight excluding hydrogens is 387 g/mol. The lowest BCUT2D eigenvalue weighted by Crippen LogP contribution is -2.10. The molecule has 3 aromatic heterocycles. The van der Waals surface area contributed by atoms with Crippen molar-refractivity contribution in [1.29, 1.82) is 0 Å². The fourth-order valence-corrected chi connectivity index (χ4v) is 3.75. The van der Waals surface area contributed by atoms with Gasteiger partial charge < -0.3 is 14.8 Å². The van der Waals surface area contributed by atoms with Gasteiger partial charge >= 0.3 is 0 Å². The van der Waals surface area contributed by atoms with E-state index >= 15 is 0 Å². The molecule has 0 saturated carbocycles. The second-order valence-corrected chi connectivity index (χ2v) is 6.96. The molecule has 1 N–H and O–H groups in total. The van der Waals surface area contributed by atoms with Gasteiger partial charge in [0.2, 0.25) is 11.8 Å². The molecule has 30 heavy (non-hydrogen) atoms. The molecule has 5 rings (SSSR count). The SMILES string of the molecule is COc1ccc(-c2cnc(NCc3c(F)ccc4c3CCO4)n3cnnc23)c(C)n1. The maximum atomic E-state index is 14.4. The first-order valence-corrected chi connectivity index (χ1v) is 9.53. The van der Waals surface area contributed by atoms with E-state index in [1.165, 1.54) is 6.07 Å². The van der Waals surface area contributed by atoms with Crippen LogP contribution in [0.25, 0.3) is 16.8 Å². The van der Waals surface area contributed by atoms with Crippen molar-refractivity contribution in [2.45, 2.75) is 19.9 Å². The van der Waals surface area contributed by atoms with Crippen molar-refractivity contribution >= 4 is 11.6 Å². The molecule has 4 aromatic rings. The van der Waals surface area contributed by atoms with Crippen LogP contribution in [0.15, 0.2) is 36.8 Å². The van der Waals surface area contributed by atoms with Crippen LogP contribution in [-0.2, 0) is 13.0 Å². The van der Waals surface area contributed by atoms with Gasteiger partial charge in [-0.25, -0.2) is 14.4 Å². The molecule has 0 amide bonds. The highest BCUT2D eigenvalue weighted by molar-refractivity contribution is 5.79. The van der Waals surface area contributed by atoms with E-state index in [9.17, 15) is 4.39 Å². The van der Waals surface area contributed by atoms with Gasteiger partial charge in [-0.3, -0.25) is 4.40 Å². The Morgan fingerprint density at radius 1 is 1.23 bits per heavy atom. The number of nitrogens with zero attached hydrogens (tertiary/aromatic N) is 5. The lowest BCUT2D eigenvalue weighted by molar-refractivity contribution is 0.356. The molecule has 9 heteroatoms. The van der Waals surface area contributed by atoms with Crippen LogP contribution in [0.4, 0.5) is 10.3 Å². The third-order valence-corrected chi connectivity index (χ3v) is 5.26. The molecule has 152 valence electrons. The van der Waals surface area contributed by atoms with Gasteiger partial charge in [0.1, 0.15) is 17.9 Å². The summed E-state index contributed by atoms with van der Waals surface area (Å²) in [6.45, 7) is 2.75. The highest BCUT2D eigenvalue weighted by Gasteiger charge is 2.20. The fourth-order valence-electron chi connectivity index (χ4n) is 3.75. The maximum absolute atomic E-state index is 14.4. The van der Waals surface area contributed by atoms with Gasteiger partial charge in [-0.1, -0.05) is 0 Å². The number of hydrogen-bond acceptors (Lipinski definition) is 7. The Balaban J connectivity index is 1.49. The molecular formula is C21H19FN6O2. The third-order valence-electron chi connectivity index (χ3n) is 5.26. The second kappa shape index (κ2) is 7.25. The first kappa shape index (κ1) is 18.3. The van der Waals surface area contributed by atoms with E-state index in [-0.39, 0.29) is 12.4 Å². The number of hydrogen-bond donors (Lipinski definition) is 1. The summed E-state index contributed by atoms with van der Waals surface area (Å²) in [6.07, 6.45) is 4.00. The van der Waals surface area contributed by atoms with Gasteiger partial charge in [-0.15, -0.1) is 10.2 Å². The fraction of sp³-hybridized carbons (Fsp3) is 0.238. The number of rotatable bonds is 5. The van der Waals surface area contributed by atoms with Crippen molar-refractivity contribution in [3.63, 3.8) is 0 Å². The minimum Gasteiger partial charge on any atom is -0.493 e. The Labute approximate surface area is 171 Å². The zero-order valence-electron chi connectivity index (χ0n) is 16.5. The van der Waals surface area contributed by atoms with E-state index in [4.69, 9.17) is 9.47 Å². The largest absolute Gasteiger partial charge is 0.493 e. The summed E-state index contributed by atoms with van der Waals surface area (Å²) < 4.78 is 26.9. The predicted octanol–water partition coefficient (Wildman–Crippen LogP) is 3.19. The van der Waals surface area contributed by atoms with Crippen LogP contribution in [0.1, 0.15) is 16.8 Å².